The average Bonchev–Trinajstić information content (AvgIpc) is 1.66. The van der Waals surface area contributed by atoms with Crippen LogP contribution in [0.5, 0.6) is 0 Å². The number of halogens is 2. The maximum atomic E-state index is 9.41. The first-order valence-corrected chi connectivity index (χ1v) is 51.8. The second-order valence-corrected chi connectivity index (χ2v) is 40.8. The molecular weight excluding hydrogens is 1930 g/mol. The van der Waals surface area contributed by atoms with Crippen LogP contribution >= 0.6 is 65.9 Å². The van der Waals surface area contributed by atoms with Crippen molar-refractivity contribution in [2.75, 3.05) is 0 Å². The SMILES string of the molecule is Brc1ccc(-c2cc3ccccc3c3ccccc23)cc1.Brc1ccc(-c2cc3ccccc3c3ccccc23)cc1.OB(O)c1ccc(-c2cccc(-c3cccc4c3sc3ccccc34)c2)cc1.OB(O)c1cccc(-c2ccc(-c3cccc4c3sc3ccccc34)cc2)c1.c1cc(-c2ccc(-c3cc4ccccc4c4ccccc34)cc2)cc(-c2ccc(-c3cccc4c3sc3ccccc34)cc2)c1. The lowest BCUT2D eigenvalue weighted by atomic mass is 9.79. The van der Waals surface area contributed by atoms with Gasteiger partial charge >= 0.3 is 14.2 Å². The Hall–Kier alpha value is -15.6. The van der Waals surface area contributed by atoms with Gasteiger partial charge in [0.25, 0.3) is 0 Å². The Morgan fingerprint density at radius 1 is 0.147 bits per heavy atom. The van der Waals surface area contributed by atoms with Gasteiger partial charge in [0.2, 0.25) is 0 Å². The van der Waals surface area contributed by atoms with Gasteiger partial charge in [0.1, 0.15) is 0 Å². The minimum atomic E-state index is -1.45. The molecule has 3 aromatic heterocycles. The second kappa shape index (κ2) is 40.6. The van der Waals surface area contributed by atoms with Gasteiger partial charge in [-0.15, -0.1) is 34.0 Å². The van der Waals surface area contributed by atoms with E-state index in [1.54, 1.807) is 18.2 Å². The van der Waals surface area contributed by atoms with E-state index < -0.39 is 14.2 Å². The van der Waals surface area contributed by atoms with Crippen molar-refractivity contribution in [2.45, 2.75) is 0 Å². The van der Waals surface area contributed by atoms with E-state index in [9.17, 15) is 20.1 Å². The summed E-state index contributed by atoms with van der Waals surface area (Å²) in [6, 6.07) is 180. The Kier molecular flexibility index (Phi) is 25.9. The molecule has 24 aromatic carbocycles. The average molecular weight is 2020 g/mol. The van der Waals surface area contributed by atoms with Crippen molar-refractivity contribution in [3.05, 3.63) is 519 Å². The number of benzene rings is 24. The van der Waals surface area contributed by atoms with E-state index in [-0.39, 0.29) is 0 Å². The minimum Gasteiger partial charge on any atom is -0.423 e. The molecule has 0 aliphatic rings. The first kappa shape index (κ1) is 91.2. The molecular formula is C132H88B2Br2O4S3. The summed E-state index contributed by atoms with van der Waals surface area (Å²) in [4.78, 5) is 0. The lowest BCUT2D eigenvalue weighted by molar-refractivity contribution is 0.424. The van der Waals surface area contributed by atoms with Crippen molar-refractivity contribution in [3.8, 4) is 111 Å². The molecule has 0 saturated heterocycles. The molecule has 0 spiro atoms. The fraction of sp³-hybridized carbons (Fsp3) is 0. The molecule has 27 rings (SSSR count). The summed E-state index contributed by atoms with van der Waals surface area (Å²) in [6.07, 6.45) is 0. The quantitative estimate of drug-likeness (QED) is 0.0726. The van der Waals surface area contributed by atoms with Gasteiger partial charge in [-0.2, -0.15) is 0 Å². The van der Waals surface area contributed by atoms with Gasteiger partial charge in [0.15, 0.2) is 0 Å². The molecule has 143 heavy (non-hydrogen) atoms. The molecule has 0 amide bonds. The van der Waals surface area contributed by atoms with Crippen LogP contribution in [0.2, 0.25) is 0 Å². The molecule has 0 saturated carbocycles. The number of rotatable bonds is 12. The van der Waals surface area contributed by atoms with Crippen LogP contribution in [0.3, 0.4) is 0 Å². The van der Waals surface area contributed by atoms with Gasteiger partial charge in [-0.05, 0) is 260 Å². The fourth-order valence-corrected chi connectivity index (χ4v) is 24.3. The van der Waals surface area contributed by atoms with Crippen molar-refractivity contribution in [1.82, 2.24) is 0 Å². The predicted molar refractivity (Wildman–Crippen MR) is 625 cm³/mol. The van der Waals surface area contributed by atoms with Gasteiger partial charge in [0, 0.05) is 69.5 Å². The monoisotopic (exact) mass is 2010 g/mol. The first-order chi connectivity index (χ1) is 70.4. The lowest BCUT2D eigenvalue weighted by Gasteiger charge is -2.12. The van der Waals surface area contributed by atoms with Crippen LogP contribution in [0.25, 0.3) is 236 Å². The highest BCUT2D eigenvalue weighted by atomic mass is 79.9. The van der Waals surface area contributed by atoms with Crippen LogP contribution in [0.15, 0.2) is 519 Å². The largest absolute Gasteiger partial charge is 0.488 e. The van der Waals surface area contributed by atoms with Gasteiger partial charge in [0.05, 0.1) is 0 Å². The molecule has 11 heteroatoms. The maximum Gasteiger partial charge on any atom is 0.488 e. The molecule has 0 unspecified atom stereocenters. The number of hydrogen-bond acceptors (Lipinski definition) is 7. The zero-order chi connectivity index (χ0) is 96.4. The zero-order valence-corrected chi connectivity index (χ0v) is 83.0. The van der Waals surface area contributed by atoms with Gasteiger partial charge in [-0.3, -0.25) is 0 Å². The van der Waals surface area contributed by atoms with Crippen molar-refractivity contribution < 1.29 is 20.1 Å². The Balaban J connectivity index is 0.000000102. The molecule has 0 radical (unpaired) electrons. The first-order valence-electron chi connectivity index (χ1n) is 47.8. The summed E-state index contributed by atoms with van der Waals surface area (Å²) < 4.78 is 10.1. The molecule has 0 aliphatic heterocycles. The highest BCUT2D eigenvalue weighted by molar-refractivity contribution is 9.10. The van der Waals surface area contributed by atoms with Crippen molar-refractivity contribution in [1.29, 1.82) is 0 Å². The summed E-state index contributed by atoms with van der Waals surface area (Å²) in [5, 5.41) is 60.9. The number of fused-ring (bicyclic) bond motifs is 18. The summed E-state index contributed by atoms with van der Waals surface area (Å²) in [5.41, 5.74) is 25.0. The van der Waals surface area contributed by atoms with E-state index in [1.807, 2.05) is 64.3 Å². The summed E-state index contributed by atoms with van der Waals surface area (Å²) in [5.74, 6) is 0. The van der Waals surface area contributed by atoms with E-state index in [4.69, 9.17) is 0 Å². The van der Waals surface area contributed by atoms with Crippen molar-refractivity contribution in [3.63, 3.8) is 0 Å². The van der Waals surface area contributed by atoms with Gasteiger partial charge < -0.3 is 20.1 Å². The molecule has 4 nitrogen and oxygen atoms in total. The predicted octanol–water partition coefficient (Wildman–Crippen LogP) is 36.0. The normalized spacial score (nSPS) is 11.3. The van der Waals surface area contributed by atoms with E-state index in [2.05, 4.69) is 493 Å². The highest BCUT2D eigenvalue weighted by Gasteiger charge is 2.20. The minimum absolute atomic E-state index is 0.495. The van der Waals surface area contributed by atoms with Crippen LogP contribution in [-0.4, -0.2) is 34.3 Å². The lowest BCUT2D eigenvalue weighted by Crippen LogP contribution is -2.29. The van der Waals surface area contributed by atoms with E-state index >= 15 is 0 Å². The van der Waals surface area contributed by atoms with Crippen LogP contribution in [0.1, 0.15) is 0 Å². The van der Waals surface area contributed by atoms with E-state index in [0.717, 1.165) is 31.2 Å². The molecule has 27 aromatic rings. The smallest absolute Gasteiger partial charge is 0.423 e. The summed E-state index contributed by atoms with van der Waals surface area (Å²) >= 11 is 12.6. The third-order valence-electron chi connectivity index (χ3n) is 27.2. The Labute approximate surface area is 858 Å². The van der Waals surface area contributed by atoms with Crippen molar-refractivity contribution in [2.24, 2.45) is 0 Å². The Bertz CT molecular complexity index is 9270. The molecule has 4 N–H and O–H groups in total. The van der Waals surface area contributed by atoms with Crippen LogP contribution in [0.4, 0.5) is 0 Å². The Morgan fingerprint density at radius 3 is 0.713 bits per heavy atom. The van der Waals surface area contributed by atoms with Crippen LogP contribution in [0, 0.1) is 0 Å². The van der Waals surface area contributed by atoms with Crippen molar-refractivity contribution >= 4 is 216 Å². The number of hydrogen-bond donors (Lipinski definition) is 4. The maximum absolute atomic E-state index is 9.41. The molecule has 0 atom stereocenters. The molecule has 0 aliphatic carbocycles. The molecule has 0 fully saturated rings. The van der Waals surface area contributed by atoms with E-state index in [1.165, 1.54) is 214 Å². The number of thiophene rings is 3. The van der Waals surface area contributed by atoms with Gasteiger partial charge in [-0.1, -0.05) is 469 Å². The van der Waals surface area contributed by atoms with Crippen LogP contribution in [-0.2, 0) is 0 Å². The standard InChI is InChI=1S/C44H28S.2C24H17BO2S.2C20H13Br/c1-2-12-36-35(9-1)28-42(39-14-4-3-13-38(36)39)32-25-21-30(22-26-32)34-11-7-10-33(27-34)29-19-23-31(24-20-29)37-16-8-17-41-40-15-5-6-18-43(40)45-44(37)41;26-25(27)19-6-3-5-18(15-19)16-11-13-17(14-12-16)20-8-4-9-22-21-7-1-2-10-23(21)28-24(20)22;26-25(27)19-13-11-16(12-14-19)17-5-3-6-18(15-17)20-8-4-9-22-21-7-1-2-10-23(21)28-24(20)22;2*21-16-11-9-14(10-12-16)20-13-15-5-1-2-6-17(15)18-7-3-4-8-19(18)20/h1-28H;2*1-15,26-27H;2*1-13H. The fourth-order valence-electron chi connectivity index (χ4n) is 20.1. The summed E-state index contributed by atoms with van der Waals surface area (Å²) in [6.45, 7) is 0. The van der Waals surface area contributed by atoms with Gasteiger partial charge in [-0.25, -0.2) is 0 Å². The highest BCUT2D eigenvalue weighted by Crippen LogP contribution is 2.47. The summed E-state index contributed by atoms with van der Waals surface area (Å²) in [7, 11) is -2.89. The Morgan fingerprint density at radius 2 is 0.378 bits per heavy atom. The van der Waals surface area contributed by atoms with Crippen LogP contribution < -0.4 is 10.9 Å². The topological polar surface area (TPSA) is 80.9 Å². The third-order valence-corrected chi connectivity index (χ3v) is 31.9. The molecule has 678 valence electrons. The molecule has 3 heterocycles. The molecule has 0 bridgehead atoms. The second-order valence-electron chi connectivity index (χ2n) is 35.8. The zero-order valence-electron chi connectivity index (χ0n) is 77.4. The van der Waals surface area contributed by atoms with E-state index in [0.29, 0.717) is 10.9 Å². The third kappa shape index (κ3) is 18.7.